The van der Waals surface area contributed by atoms with Gasteiger partial charge in [0.25, 0.3) is 0 Å². The first-order valence-electron chi connectivity index (χ1n) is 5.28. The molecule has 1 nitrogen and oxygen atoms in total. The highest BCUT2D eigenvalue weighted by molar-refractivity contribution is 5.03. The Morgan fingerprint density at radius 2 is 2.08 bits per heavy atom. The molecule has 2 bridgehead atoms. The van der Waals surface area contributed by atoms with E-state index in [1.54, 1.807) is 0 Å². The second-order valence-corrected chi connectivity index (χ2v) is 4.93. The van der Waals surface area contributed by atoms with E-state index in [2.05, 4.69) is 20.8 Å². The smallest absolute Gasteiger partial charge is 0.0611 e. The van der Waals surface area contributed by atoms with Crippen LogP contribution in [-0.2, 0) is 4.74 Å². The summed E-state index contributed by atoms with van der Waals surface area (Å²) in [5, 5.41) is 0. The average molecular weight is 168 g/mol. The molecule has 0 heterocycles. The molecule has 0 spiro atoms. The van der Waals surface area contributed by atoms with Crippen LogP contribution in [0.3, 0.4) is 0 Å². The van der Waals surface area contributed by atoms with Crippen molar-refractivity contribution in [3.8, 4) is 0 Å². The molecule has 2 saturated carbocycles. The summed E-state index contributed by atoms with van der Waals surface area (Å²) in [6.45, 7) is 7.85. The summed E-state index contributed by atoms with van der Waals surface area (Å²) in [5.41, 5.74) is 0.569. The molecule has 12 heavy (non-hydrogen) atoms. The molecule has 2 rings (SSSR count). The lowest BCUT2D eigenvalue weighted by Gasteiger charge is -2.26. The fourth-order valence-corrected chi connectivity index (χ4v) is 3.36. The molecule has 0 aromatic heterocycles. The summed E-state index contributed by atoms with van der Waals surface area (Å²) in [6, 6.07) is 0. The molecule has 0 aliphatic heterocycles. The normalized spacial score (nSPS) is 43.8. The summed E-state index contributed by atoms with van der Waals surface area (Å²) in [4.78, 5) is 0. The minimum Gasteiger partial charge on any atom is -0.378 e. The molecule has 0 N–H and O–H groups in total. The van der Waals surface area contributed by atoms with E-state index >= 15 is 0 Å². The molecule has 2 fully saturated rings. The van der Waals surface area contributed by atoms with Gasteiger partial charge in [0.1, 0.15) is 0 Å². The lowest BCUT2D eigenvalue weighted by atomic mass is 9.82. The summed E-state index contributed by atoms with van der Waals surface area (Å²) in [6.07, 6.45) is 4.76. The average Bonchev–Trinajstić information content (AvgIpc) is 2.41. The predicted molar refractivity (Wildman–Crippen MR) is 50.0 cm³/mol. The highest BCUT2D eigenvalue weighted by Crippen LogP contribution is 2.58. The third kappa shape index (κ3) is 1.02. The van der Waals surface area contributed by atoms with Crippen molar-refractivity contribution in [1.29, 1.82) is 0 Å². The summed E-state index contributed by atoms with van der Waals surface area (Å²) >= 11 is 0. The Kier molecular flexibility index (Phi) is 1.95. The zero-order valence-corrected chi connectivity index (χ0v) is 8.47. The Hall–Kier alpha value is -0.0400. The topological polar surface area (TPSA) is 9.23 Å². The second-order valence-electron chi connectivity index (χ2n) is 4.93. The Morgan fingerprint density at radius 3 is 2.50 bits per heavy atom. The Balaban J connectivity index is 2.08. The Morgan fingerprint density at radius 1 is 1.33 bits per heavy atom. The maximum atomic E-state index is 5.77. The van der Waals surface area contributed by atoms with Gasteiger partial charge in [-0.1, -0.05) is 13.8 Å². The lowest BCUT2D eigenvalue weighted by Crippen LogP contribution is -2.24. The number of hydrogen-bond donors (Lipinski definition) is 0. The van der Waals surface area contributed by atoms with Crippen LogP contribution < -0.4 is 0 Å². The molecule has 3 unspecified atom stereocenters. The van der Waals surface area contributed by atoms with Gasteiger partial charge in [0, 0.05) is 6.61 Å². The van der Waals surface area contributed by atoms with Crippen molar-refractivity contribution in [1.82, 2.24) is 0 Å². The van der Waals surface area contributed by atoms with Crippen molar-refractivity contribution >= 4 is 0 Å². The van der Waals surface area contributed by atoms with Crippen LogP contribution in [0.25, 0.3) is 0 Å². The third-order valence-electron chi connectivity index (χ3n) is 4.18. The minimum atomic E-state index is 0.569. The Labute approximate surface area is 75.5 Å². The first kappa shape index (κ1) is 8.55. The highest BCUT2D eigenvalue weighted by atomic mass is 16.5. The van der Waals surface area contributed by atoms with E-state index in [1.807, 2.05) is 0 Å². The van der Waals surface area contributed by atoms with Gasteiger partial charge in [0.15, 0.2) is 0 Å². The molecule has 0 saturated heterocycles. The Bertz CT molecular complexity index is 174. The molecule has 0 amide bonds. The monoisotopic (exact) mass is 168 g/mol. The summed E-state index contributed by atoms with van der Waals surface area (Å²) < 4.78 is 5.77. The highest BCUT2D eigenvalue weighted by Gasteiger charge is 2.53. The first-order chi connectivity index (χ1) is 5.66. The van der Waals surface area contributed by atoms with E-state index in [1.165, 1.54) is 19.3 Å². The van der Waals surface area contributed by atoms with Crippen LogP contribution in [0.1, 0.15) is 40.0 Å². The van der Waals surface area contributed by atoms with Crippen LogP contribution in [0.15, 0.2) is 0 Å². The van der Waals surface area contributed by atoms with Crippen LogP contribution in [0.5, 0.6) is 0 Å². The van der Waals surface area contributed by atoms with Crippen molar-refractivity contribution in [2.45, 2.75) is 46.1 Å². The van der Waals surface area contributed by atoms with Gasteiger partial charge in [-0.25, -0.2) is 0 Å². The van der Waals surface area contributed by atoms with E-state index in [9.17, 15) is 0 Å². The molecule has 2 aliphatic carbocycles. The van der Waals surface area contributed by atoms with E-state index in [0.29, 0.717) is 11.5 Å². The van der Waals surface area contributed by atoms with E-state index in [-0.39, 0.29) is 0 Å². The fourth-order valence-electron chi connectivity index (χ4n) is 3.36. The molecule has 0 radical (unpaired) electrons. The first-order valence-corrected chi connectivity index (χ1v) is 5.28. The van der Waals surface area contributed by atoms with Gasteiger partial charge in [-0.15, -0.1) is 0 Å². The fraction of sp³-hybridized carbons (Fsp3) is 1.00. The van der Waals surface area contributed by atoms with Crippen LogP contribution in [0.4, 0.5) is 0 Å². The number of hydrogen-bond acceptors (Lipinski definition) is 1. The molecular weight excluding hydrogens is 148 g/mol. The van der Waals surface area contributed by atoms with Crippen LogP contribution in [0.2, 0.25) is 0 Å². The van der Waals surface area contributed by atoms with Crippen molar-refractivity contribution in [2.75, 3.05) is 6.61 Å². The van der Waals surface area contributed by atoms with Gasteiger partial charge >= 0.3 is 0 Å². The van der Waals surface area contributed by atoms with Gasteiger partial charge in [-0.3, -0.25) is 0 Å². The molecule has 3 atom stereocenters. The van der Waals surface area contributed by atoms with Crippen molar-refractivity contribution in [2.24, 2.45) is 17.3 Å². The zero-order chi connectivity index (χ0) is 8.77. The number of fused-ring (bicyclic) bond motifs is 2. The van der Waals surface area contributed by atoms with Gasteiger partial charge in [0.2, 0.25) is 0 Å². The van der Waals surface area contributed by atoms with Crippen molar-refractivity contribution in [3.63, 3.8) is 0 Å². The number of ether oxygens (including phenoxy) is 1. The second kappa shape index (κ2) is 2.73. The summed E-state index contributed by atoms with van der Waals surface area (Å²) in [5.74, 6) is 1.79. The maximum Gasteiger partial charge on any atom is 0.0611 e. The summed E-state index contributed by atoms with van der Waals surface area (Å²) in [7, 11) is 0. The molecule has 0 aromatic carbocycles. The van der Waals surface area contributed by atoms with Crippen LogP contribution >= 0.6 is 0 Å². The maximum absolute atomic E-state index is 5.77. The van der Waals surface area contributed by atoms with Crippen LogP contribution in [-0.4, -0.2) is 12.7 Å². The largest absolute Gasteiger partial charge is 0.378 e. The van der Waals surface area contributed by atoms with Crippen molar-refractivity contribution < 1.29 is 4.74 Å². The van der Waals surface area contributed by atoms with Gasteiger partial charge in [-0.2, -0.15) is 0 Å². The SMILES string of the molecule is CCOC1CC2CCC1C2(C)C. The van der Waals surface area contributed by atoms with E-state index in [0.717, 1.165) is 18.4 Å². The minimum absolute atomic E-state index is 0.569. The van der Waals surface area contributed by atoms with Crippen LogP contribution in [0, 0.1) is 17.3 Å². The van der Waals surface area contributed by atoms with E-state index < -0.39 is 0 Å². The molecule has 70 valence electrons. The third-order valence-corrected chi connectivity index (χ3v) is 4.18. The quantitative estimate of drug-likeness (QED) is 0.616. The lowest BCUT2D eigenvalue weighted by molar-refractivity contribution is 0.0141. The standard InChI is InChI=1S/C11H20O/c1-4-12-10-7-8-5-6-9(10)11(8,2)3/h8-10H,4-7H2,1-3H3. The van der Waals surface area contributed by atoms with Gasteiger partial charge < -0.3 is 4.74 Å². The molecule has 0 aromatic rings. The number of rotatable bonds is 2. The molecule has 2 aliphatic rings. The van der Waals surface area contributed by atoms with Gasteiger partial charge in [-0.05, 0) is 43.4 Å². The molecule has 1 heteroatoms. The molecular formula is C11H20O. The van der Waals surface area contributed by atoms with E-state index in [4.69, 9.17) is 4.74 Å². The van der Waals surface area contributed by atoms with Gasteiger partial charge in [0.05, 0.1) is 6.10 Å². The van der Waals surface area contributed by atoms with Crippen molar-refractivity contribution in [3.05, 3.63) is 0 Å². The predicted octanol–water partition coefficient (Wildman–Crippen LogP) is 2.85. The zero-order valence-electron chi connectivity index (χ0n) is 8.47.